The quantitative estimate of drug-likeness (QED) is 0.491. The predicted molar refractivity (Wildman–Crippen MR) is 121 cm³/mol. The molecule has 2 rings (SSSR count). The molecule has 5 heteroatoms. The van der Waals surface area contributed by atoms with Gasteiger partial charge in [-0.3, -0.25) is 0 Å². The molecular formula is C20H31NS2Si2. The molecule has 0 fully saturated rings. The molecule has 1 nitrogen and oxygen atoms in total. The van der Waals surface area contributed by atoms with E-state index in [9.17, 15) is 0 Å². The lowest BCUT2D eigenvalue weighted by Crippen LogP contribution is -2.55. The van der Waals surface area contributed by atoms with Crippen molar-refractivity contribution in [3.8, 4) is 0 Å². The van der Waals surface area contributed by atoms with Gasteiger partial charge in [-0.05, 0) is 62.3 Å². The molecule has 2 aromatic rings. The topological polar surface area (TPSA) is 12.0 Å². The van der Waals surface area contributed by atoms with Crippen molar-refractivity contribution in [3.05, 3.63) is 59.7 Å². The van der Waals surface area contributed by atoms with Crippen LogP contribution in [0.25, 0.3) is 0 Å². The van der Waals surface area contributed by atoms with E-state index in [4.69, 9.17) is 0 Å². The molecule has 0 bridgehead atoms. The second-order valence-electron chi connectivity index (χ2n) is 7.27. The summed E-state index contributed by atoms with van der Waals surface area (Å²) >= 11 is 4.19. The van der Waals surface area contributed by atoms with Crippen LogP contribution in [-0.2, 0) is 12.8 Å². The van der Waals surface area contributed by atoms with Gasteiger partial charge in [-0.2, -0.15) is 0 Å². The number of hydrogen-bond donors (Lipinski definition) is 1. The van der Waals surface area contributed by atoms with Crippen molar-refractivity contribution < 1.29 is 0 Å². The van der Waals surface area contributed by atoms with Crippen LogP contribution in [0.2, 0.25) is 26.2 Å². The van der Waals surface area contributed by atoms with E-state index in [0.29, 0.717) is 0 Å². The lowest BCUT2D eigenvalue weighted by molar-refractivity contribution is 1.08. The smallest absolute Gasteiger partial charge is 0.182 e. The number of nitrogens with one attached hydrogen (secondary N) is 1. The lowest BCUT2D eigenvalue weighted by Gasteiger charge is -2.34. The maximum Gasteiger partial charge on any atom is 0.182 e. The molecule has 0 aromatic heterocycles. The fraction of sp³-hybridized carbons (Fsp3) is 0.400. The molecule has 0 saturated heterocycles. The second-order valence-corrected chi connectivity index (χ2v) is 22.9. The molecule has 0 aliphatic carbocycles. The number of benzene rings is 2. The molecule has 0 aliphatic rings. The van der Waals surface area contributed by atoms with Gasteiger partial charge in [-0.1, -0.05) is 50.2 Å². The van der Waals surface area contributed by atoms with Crippen molar-refractivity contribution in [1.29, 1.82) is 0 Å². The monoisotopic (exact) mass is 405 g/mol. The first-order chi connectivity index (χ1) is 11.8. The van der Waals surface area contributed by atoms with Crippen LogP contribution in [-0.4, -0.2) is 14.8 Å². The van der Waals surface area contributed by atoms with Crippen molar-refractivity contribution in [2.45, 2.75) is 62.7 Å². The molecule has 1 N–H and O–H groups in total. The van der Waals surface area contributed by atoms with Crippen molar-refractivity contribution in [1.82, 2.24) is 4.65 Å². The zero-order chi connectivity index (χ0) is 18.5. The van der Waals surface area contributed by atoms with E-state index >= 15 is 0 Å². The third-order valence-electron chi connectivity index (χ3n) is 4.04. The minimum atomic E-state index is -1.60. The van der Waals surface area contributed by atoms with Gasteiger partial charge in [0.2, 0.25) is 0 Å². The molecule has 25 heavy (non-hydrogen) atoms. The molecule has 2 aromatic carbocycles. The van der Waals surface area contributed by atoms with Crippen LogP contribution >= 0.6 is 22.4 Å². The van der Waals surface area contributed by atoms with E-state index in [1.807, 2.05) is 0 Å². The van der Waals surface area contributed by atoms with E-state index in [1.54, 1.807) is 0 Å². The molecule has 0 heterocycles. The first-order valence-electron chi connectivity index (χ1n) is 9.09. The van der Waals surface area contributed by atoms with E-state index in [1.165, 1.54) is 20.9 Å². The van der Waals surface area contributed by atoms with Gasteiger partial charge in [0.25, 0.3) is 0 Å². The van der Waals surface area contributed by atoms with Crippen LogP contribution < -0.4 is 4.65 Å². The second kappa shape index (κ2) is 8.95. The Morgan fingerprint density at radius 2 is 1.04 bits per heavy atom. The first kappa shape index (κ1) is 20.8. The summed E-state index contributed by atoms with van der Waals surface area (Å²) in [4.78, 5) is 2.91. The van der Waals surface area contributed by atoms with Crippen LogP contribution in [0.1, 0.15) is 25.0 Å². The summed E-state index contributed by atoms with van der Waals surface area (Å²) in [6, 6.07) is 17.7. The normalized spacial score (nSPS) is 12.4. The van der Waals surface area contributed by atoms with Crippen molar-refractivity contribution in [2.75, 3.05) is 0 Å². The fourth-order valence-corrected chi connectivity index (χ4v) is 22.0. The first-order valence-corrected chi connectivity index (χ1v) is 18.2. The zero-order valence-corrected chi connectivity index (χ0v) is 20.0. The van der Waals surface area contributed by atoms with Crippen molar-refractivity contribution in [3.63, 3.8) is 0 Å². The Kier molecular flexibility index (Phi) is 7.46. The molecule has 0 aliphatic heterocycles. The van der Waals surface area contributed by atoms with Gasteiger partial charge in [-0.15, -0.1) is 22.4 Å². The highest BCUT2D eigenvalue weighted by Crippen LogP contribution is 2.36. The zero-order valence-electron chi connectivity index (χ0n) is 16.3. The molecule has 0 spiro atoms. The maximum absolute atomic E-state index is 4.14. The van der Waals surface area contributed by atoms with E-state index in [2.05, 4.69) is 116 Å². The number of hydrogen-bond acceptors (Lipinski definition) is 3. The fourth-order valence-electron chi connectivity index (χ4n) is 3.12. The average molecular weight is 406 g/mol. The molecule has 0 unspecified atom stereocenters. The minimum Gasteiger partial charge on any atom is -0.343 e. The van der Waals surface area contributed by atoms with Crippen LogP contribution in [0.4, 0.5) is 0 Å². The van der Waals surface area contributed by atoms with Crippen LogP contribution in [0, 0.1) is 0 Å². The average Bonchev–Trinajstić information content (AvgIpc) is 2.54. The summed E-state index contributed by atoms with van der Waals surface area (Å²) in [7, 11) is -3.20. The molecular weight excluding hydrogens is 375 g/mol. The van der Waals surface area contributed by atoms with E-state index in [-0.39, 0.29) is 0 Å². The van der Waals surface area contributed by atoms with E-state index in [0.717, 1.165) is 12.8 Å². The largest absolute Gasteiger partial charge is 0.343 e. The highest BCUT2D eigenvalue weighted by atomic mass is 32.4. The van der Waals surface area contributed by atoms with Crippen LogP contribution in [0.15, 0.2) is 58.3 Å². The molecule has 0 atom stereocenters. The predicted octanol–water partition coefficient (Wildman–Crippen LogP) is 6.69. The Bertz CT molecular complexity index is 642. The SMILES string of the molecule is CCc1ccccc1S[Si](C)(C)N[Si](C)(C)Sc1ccccc1CC. The Balaban J connectivity index is 2.12. The van der Waals surface area contributed by atoms with Gasteiger partial charge >= 0.3 is 0 Å². The van der Waals surface area contributed by atoms with Crippen LogP contribution in [0.3, 0.4) is 0 Å². The van der Waals surface area contributed by atoms with Gasteiger partial charge in [0, 0.05) is 9.79 Å². The van der Waals surface area contributed by atoms with Crippen molar-refractivity contribution >= 4 is 37.2 Å². The highest BCUT2D eigenvalue weighted by Gasteiger charge is 2.34. The molecule has 0 radical (unpaired) electrons. The van der Waals surface area contributed by atoms with Gasteiger partial charge in [0.15, 0.2) is 14.8 Å². The standard InChI is InChI=1S/C20H31NS2Si2/c1-7-17-13-9-11-15-19(17)22-24(3,4)21-25(5,6)23-20-16-12-10-14-18(20)8-2/h9-16,21H,7-8H2,1-6H3. The summed E-state index contributed by atoms with van der Waals surface area (Å²) in [5.41, 5.74) is 2.94. The van der Waals surface area contributed by atoms with Crippen molar-refractivity contribution in [2.24, 2.45) is 0 Å². The molecule has 0 amide bonds. The summed E-state index contributed by atoms with van der Waals surface area (Å²) < 4.78 is 4.14. The summed E-state index contributed by atoms with van der Waals surface area (Å²) in [6.45, 7) is 14.3. The molecule has 0 saturated carbocycles. The third-order valence-corrected chi connectivity index (χ3v) is 17.3. The number of aryl methyl sites for hydroxylation is 2. The summed E-state index contributed by atoms with van der Waals surface area (Å²) in [6.07, 6.45) is 2.21. The van der Waals surface area contributed by atoms with E-state index < -0.39 is 14.8 Å². The summed E-state index contributed by atoms with van der Waals surface area (Å²) in [5, 5.41) is 0. The highest BCUT2D eigenvalue weighted by molar-refractivity contribution is 8.32. The lowest BCUT2D eigenvalue weighted by atomic mass is 10.2. The van der Waals surface area contributed by atoms with Gasteiger partial charge in [-0.25, -0.2) is 0 Å². The van der Waals surface area contributed by atoms with Gasteiger partial charge in [0.05, 0.1) is 0 Å². The van der Waals surface area contributed by atoms with Crippen LogP contribution in [0.5, 0.6) is 0 Å². The Morgan fingerprint density at radius 3 is 1.40 bits per heavy atom. The molecule has 136 valence electrons. The van der Waals surface area contributed by atoms with Gasteiger partial charge < -0.3 is 4.65 Å². The third kappa shape index (κ3) is 6.33. The Labute approximate surface area is 163 Å². The van der Waals surface area contributed by atoms with Gasteiger partial charge in [0.1, 0.15) is 0 Å². The maximum atomic E-state index is 4.14. The minimum absolute atomic E-state index is 1.10. The number of rotatable bonds is 8. The Morgan fingerprint density at radius 1 is 0.680 bits per heavy atom. The Hall–Kier alpha value is -0.466. The summed E-state index contributed by atoms with van der Waals surface area (Å²) in [5.74, 6) is 0.